The topological polar surface area (TPSA) is 62.9 Å². The summed E-state index contributed by atoms with van der Waals surface area (Å²) in [4.78, 5) is 4.27. The fraction of sp³-hybridized carbons (Fsp3) is 0.222. The second-order valence-electron chi connectivity index (χ2n) is 2.67. The molecule has 4 heteroatoms. The van der Waals surface area contributed by atoms with Crippen molar-refractivity contribution >= 4 is 18.1 Å². The molecular formula is C9H13N4+. The zero-order valence-corrected chi connectivity index (χ0v) is 7.78. The number of hydrogen-bond acceptors (Lipinski definition) is 3. The van der Waals surface area contributed by atoms with Crippen LogP contribution in [0.25, 0.3) is 0 Å². The average Bonchev–Trinajstić information content (AvgIpc) is 2.09. The van der Waals surface area contributed by atoms with Gasteiger partial charge < -0.3 is 0 Å². The quantitative estimate of drug-likeness (QED) is 0.501. The number of pyridine rings is 1. The van der Waals surface area contributed by atoms with E-state index in [0.717, 1.165) is 17.1 Å². The number of anilines is 1. The first-order valence-electron chi connectivity index (χ1n) is 4.01. The van der Waals surface area contributed by atoms with Crippen LogP contribution in [0.5, 0.6) is 0 Å². The summed E-state index contributed by atoms with van der Waals surface area (Å²) in [5.74, 6) is 0. The van der Waals surface area contributed by atoms with Crippen molar-refractivity contribution in [1.29, 1.82) is 0 Å². The molecule has 0 unspecified atom stereocenters. The molecule has 0 bridgehead atoms. The van der Waals surface area contributed by atoms with E-state index < -0.39 is 0 Å². The molecule has 68 valence electrons. The molecule has 0 aliphatic heterocycles. The smallest absolute Gasteiger partial charge is 0.180 e. The summed E-state index contributed by atoms with van der Waals surface area (Å²) in [5, 5.41) is 8.98. The molecule has 0 saturated carbocycles. The maximum absolute atomic E-state index is 5.12. The van der Waals surface area contributed by atoms with Gasteiger partial charge in [-0.1, -0.05) is 0 Å². The molecule has 0 saturated heterocycles. The molecule has 0 aliphatic carbocycles. The van der Waals surface area contributed by atoms with Crippen LogP contribution in [0.15, 0.2) is 17.2 Å². The standard InChI is InChI=1S/C9H12N4/c1-7-3-4-9(8(2)12-7)13-11-6-5-10/h3-6,10,13H,1-2H3/p+1/b10-5?,11-6-. The summed E-state index contributed by atoms with van der Waals surface area (Å²) in [5.41, 5.74) is 5.65. The minimum absolute atomic E-state index is 0.892. The normalized spacial score (nSPS) is 10.3. The molecule has 0 amide bonds. The number of hydrazone groups is 1. The van der Waals surface area contributed by atoms with Gasteiger partial charge in [-0.15, -0.1) is 0 Å². The van der Waals surface area contributed by atoms with E-state index in [1.807, 2.05) is 26.0 Å². The van der Waals surface area contributed by atoms with Crippen molar-refractivity contribution in [3.63, 3.8) is 0 Å². The van der Waals surface area contributed by atoms with Crippen LogP contribution in [0.1, 0.15) is 11.4 Å². The first kappa shape index (κ1) is 9.38. The lowest BCUT2D eigenvalue weighted by atomic mass is 10.3. The van der Waals surface area contributed by atoms with Crippen LogP contribution in [0.2, 0.25) is 0 Å². The predicted molar refractivity (Wildman–Crippen MR) is 53.8 cm³/mol. The van der Waals surface area contributed by atoms with Gasteiger partial charge in [0.15, 0.2) is 6.21 Å². The van der Waals surface area contributed by atoms with Crippen molar-refractivity contribution in [2.24, 2.45) is 5.10 Å². The second-order valence-corrected chi connectivity index (χ2v) is 2.67. The highest BCUT2D eigenvalue weighted by Gasteiger charge is 1.96. The third-order valence-electron chi connectivity index (χ3n) is 1.57. The van der Waals surface area contributed by atoms with E-state index in [0.29, 0.717) is 0 Å². The lowest BCUT2D eigenvalue weighted by Gasteiger charge is -2.03. The number of hydrogen-bond donors (Lipinski definition) is 2. The van der Waals surface area contributed by atoms with Gasteiger partial charge in [0.1, 0.15) is 6.21 Å². The van der Waals surface area contributed by atoms with E-state index in [4.69, 9.17) is 5.41 Å². The minimum atomic E-state index is 0.892. The molecule has 0 radical (unpaired) electrons. The largest absolute Gasteiger partial charge is 0.276 e. The highest BCUT2D eigenvalue weighted by molar-refractivity contribution is 6.13. The Kier molecular flexibility index (Phi) is 3.14. The Morgan fingerprint density at radius 2 is 2.23 bits per heavy atom. The van der Waals surface area contributed by atoms with Crippen molar-refractivity contribution in [3.8, 4) is 0 Å². The Morgan fingerprint density at radius 3 is 2.85 bits per heavy atom. The fourth-order valence-electron chi connectivity index (χ4n) is 0.955. The Hall–Kier alpha value is -1.71. The molecular weight excluding hydrogens is 164 g/mol. The van der Waals surface area contributed by atoms with Crippen molar-refractivity contribution < 1.29 is 5.41 Å². The van der Waals surface area contributed by atoms with E-state index in [1.165, 1.54) is 12.4 Å². The van der Waals surface area contributed by atoms with Crippen molar-refractivity contribution in [3.05, 3.63) is 23.5 Å². The SMILES string of the molecule is Cc1ccc(N/N=C\C=[NH2+])c(C)n1. The Morgan fingerprint density at radius 1 is 1.46 bits per heavy atom. The third kappa shape index (κ3) is 2.66. The molecule has 1 aromatic rings. The molecule has 0 aromatic carbocycles. The summed E-state index contributed by atoms with van der Waals surface area (Å²) < 4.78 is 0. The number of nitrogens with two attached hydrogens (primary N) is 1. The lowest BCUT2D eigenvalue weighted by molar-refractivity contribution is -0.102. The van der Waals surface area contributed by atoms with Gasteiger partial charge in [0, 0.05) is 5.69 Å². The van der Waals surface area contributed by atoms with Gasteiger partial charge in [0.2, 0.25) is 0 Å². The van der Waals surface area contributed by atoms with Crippen LogP contribution >= 0.6 is 0 Å². The highest BCUT2D eigenvalue weighted by atomic mass is 15.3. The molecule has 1 rings (SSSR count). The number of aryl methyl sites for hydroxylation is 2. The summed E-state index contributed by atoms with van der Waals surface area (Å²) in [6, 6.07) is 3.86. The first-order valence-corrected chi connectivity index (χ1v) is 4.01. The highest BCUT2D eigenvalue weighted by Crippen LogP contribution is 2.11. The van der Waals surface area contributed by atoms with Crippen LogP contribution < -0.4 is 10.8 Å². The zero-order valence-electron chi connectivity index (χ0n) is 7.78. The number of rotatable bonds is 3. The summed E-state index contributed by atoms with van der Waals surface area (Å²) in [6.07, 6.45) is 2.85. The van der Waals surface area contributed by atoms with Crippen LogP contribution in [-0.2, 0) is 0 Å². The Bertz CT molecular complexity index is 330. The van der Waals surface area contributed by atoms with Crippen LogP contribution in [0.4, 0.5) is 5.69 Å². The van der Waals surface area contributed by atoms with Gasteiger partial charge in [0.05, 0.1) is 11.4 Å². The van der Waals surface area contributed by atoms with E-state index in [-0.39, 0.29) is 0 Å². The minimum Gasteiger partial charge on any atom is -0.276 e. The molecule has 4 nitrogen and oxygen atoms in total. The Labute approximate surface area is 77.2 Å². The van der Waals surface area contributed by atoms with E-state index in [1.54, 1.807) is 0 Å². The molecule has 0 aliphatic rings. The van der Waals surface area contributed by atoms with Gasteiger partial charge in [-0.25, -0.2) is 0 Å². The van der Waals surface area contributed by atoms with Gasteiger partial charge in [0.25, 0.3) is 0 Å². The molecule has 13 heavy (non-hydrogen) atoms. The van der Waals surface area contributed by atoms with Gasteiger partial charge in [-0.2, -0.15) is 5.10 Å². The first-order chi connectivity index (χ1) is 6.24. The lowest BCUT2D eigenvalue weighted by Crippen LogP contribution is -2.30. The van der Waals surface area contributed by atoms with E-state index in [2.05, 4.69) is 15.5 Å². The monoisotopic (exact) mass is 177 g/mol. The van der Waals surface area contributed by atoms with Crippen molar-refractivity contribution in [2.45, 2.75) is 13.8 Å². The molecule has 0 atom stereocenters. The second kappa shape index (κ2) is 4.35. The van der Waals surface area contributed by atoms with Crippen LogP contribution in [0, 0.1) is 13.8 Å². The van der Waals surface area contributed by atoms with Gasteiger partial charge in [-0.05, 0) is 26.0 Å². The number of nitrogens with zero attached hydrogens (tertiary/aromatic N) is 2. The Balaban J connectivity index is 2.77. The summed E-state index contributed by atoms with van der Waals surface area (Å²) in [7, 11) is 0. The summed E-state index contributed by atoms with van der Waals surface area (Å²) in [6.45, 7) is 3.88. The fourth-order valence-corrected chi connectivity index (χ4v) is 0.955. The third-order valence-corrected chi connectivity index (χ3v) is 1.57. The molecule has 1 heterocycles. The van der Waals surface area contributed by atoms with Gasteiger partial charge in [-0.3, -0.25) is 15.8 Å². The maximum atomic E-state index is 5.12. The molecule has 3 N–H and O–H groups in total. The average molecular weight is 177 g/mol. The predicted octanol–water partition coefficient (Wildman–Crippen LogP) is -0.0740. The number of aromatic nitrogens is 1. The molecule has 1 aromatic heterocycles. The molecule has 0 spiro atoms. The van der Waals surface area contributed by atoms with E-state index >= 15 is 0 Å². The van der Waals surface area contributed by atoms with Crippen LogP contribution in [0.3, 0.4) is 0 Å². The zero-order chi connectivity index (χ0) is 9.68. The van der Waals surface area contributed by atoms with Crippen molar-refractivity contribution in [2.75, 3.05) is 5.43 Å². The van der Waals surface area contributed by atoms with Crippen molar-refractivity contribution in [1.82, 2.24) is 4.98 Å². The maximum Gasteiger partial charge on any atom is 0.180 e. The van der Waals surface area contributed by atoms with E-state index in [9.17, 15) is 0 Å². The summed E-state index contributed by atoms with van der Waals surface area (Å²) >= 11 is 0. The van der Waals surface area contributed by atoms with Crippen LogP contribution in [-0.4, -0.2) is 17.4 Å². The number of nitrogens with one attached hydrogen (secondary N) is 1. The van der Waals surface area contributed by atoms with Gasteiger partial charge >= 0.3 is 0 Å². The molecule has 0 fully saturated rings.